The lowest BCUT2D eigenvalue weighted by atomic mass is 9.75. The van der Waals surface area contributed by atoms with Crippen LogP contribution in [0.3, 0.4) is 0 Å². The van der Waals surface area contributed by atoms with E-state index in [-0.39, 0.29) is 5.60 Å². The van der Waals surface area contributed by atoms with E-state index in [1.165, 1.54) is 30.6 Å². The zero-order chi connectivity index (χ0) is 14.3. The third kappa shape index (κ3) is 2.43. The summed E-state index contributed by atoms with van der Waals surface area (Å²) in [6.07, 6.45) is 6.09. The predicted molar refractivity (Wildman–Crippen MR) is 87.0 cm³/mol. The number of phenols is 1. The van der Waals surface area contributed by atoms with Crippen LogP contribution in [0.4, 0.5) is 0 Å². The van der Waals surface area contributed by atoms with Gasteiger partial charge < -0.3 is 9.84 Å². The van der Waals surface area contributed by atoms with Crippen LogP contribution in [0.15, 0.2) is 41.3 Å². The van der Waals surface area contributed by atoms with E-state index < -0.39 is 0 Å². The van der Waals surface area contributed by atoms with Gasteiger partial charge in [0, 0.05) is 22.1 Å². The van der Waals surface area contributed by atoms with Crippen LogP contribution in [0, 0.1) is 0 Å². The van der Waals surface area contributed by atoms with Gasteiger partial charge in [-0.1, -0.05) is 24.3 Å². The Morgan fingerprint density at radius 3 is 2.67 bits per heavy atom. The van der Waals surface area contributed by atoms with Gasteiger partial charge in [0.1, 0.15) is 5.75 Å². The first-order chi connectivity index (χ1) is 10.3. The second-order valence-electron chi connectivity index (χ2n) is 6.25. The van der Waals surface area contributed by atoms with Gasteiger partial charge in [-0.3, -0.25) is 0 Å². The quantitative estimate of drug-likeness (QED) is 0.868. The van der Waals surface area contributed by atoms with Crippen LogP contribution in [0.1, 0.15) is 32.1 Å². The summed E-state index contributed by atoms with van der Waals surface area (Å²) in [7, 11) is 0. The molecule has 1 aliphatic heterocycles. The topological polar surface area (TPSA) is 29.5 Å². The Balaban J connectivity index is 1.61. The highest BCUT2D eigenvalue weighted by molar-refractivity contribution is 8.00. The van der Waals surface area contributed by atoms with Gasteiger partial charge in [0.05, 0.1) is 5.60 Å². The third-order valence-electron chi connectivity index (χ3n) is 4.87. The number of phenolic OH excluding ortho intramolecular Hbond substituents is 1. The zero-order valence-electron chi connectivity index (χ0n) is 12.0. The van der Waals surface area contributed by atoms with Crippen molar-refractivity contribution in [2.75, 3.05) is 6.61 Å². The van der Waals surface area contributed by atoms with E-state index in [4.69, 9.17) is 4.74 Å². The van der Waals surface area contributed by atoms with Crippen molar-refractivity contribution in [3.63, 3.8) is 0 Å². The number of benzene rings is 2. The van der Waals surface area contributed by atoms with Crippen molar-refractivity contribution < 1.29 is 9.84 Å². The molecule has 2 aliphatic rings. The molecule has 3 heteroatoms. The minimum atomic E-state index is 0.197. The summed E-state index contributed by atoms with van der Waals surface area (Å²) in [5.74, 6) is 0.373. The number of hydrogen-bond acceptors (Lipinski definition) is 3. The normalized spacial score (nSPS) is 24.1. The number of hydrogen-bond donors (Lipinski definition) is 1. The van der Waals surface area contributed by atoms with E-state index >= 15 is 0 Å². The molecule has 0 radical (unpaired) electrons. The van der Waals surface area contributed by atoms with Crippen molar-refractivity contribution in [1.82, 2.24) is 0 Å². The van der Waals surface area contributed by atoms with Gasteiger partial charge in [-0.15, -0.1) is 11.8 Å². The van der Waals surface area contributed by atoms with E-state index in [1.54, 1.807) is 0 Å². The van der Waals surface area contributed by atoms with Crippen LogP contribution >= 0.6 is 11.8 Å². The van der Waals surface area contributed by atoms with Crippen LogP contribution in [-0.4, -0.2) is 22.6 Å². The Labute approximate surface area is 129 Å². The fraction of sp³-hybridized carbons (Fsp3) is 0.444. The van der Waals surface area contributed by atoms with Crippen molar-refractivity contribution in [1.29, 1.82) is 0 Å². The van der Waals surface area contributed by atoms with Crippen molar-refractivity contribution in [3.05, 3.63) is 36.4 Å². The number of fused-ring (bicyclic) bond motifs is 1. The smallest absolute Gasteiger partial charge is 0.123 e. The van der Waals surface area contributed by atoms with Crippen LogP contribution in [-0.2, 0) is 4.74 Å². The van der Waals surface area contributed by atoms with Crippen LogP contribution in [0.25, 0.3) is 10.8 Å². The number of thioether (sulfide) groups is 1. The number of ether oxygens (including phenoxy) is 1. The molecule has 1 saturated carbocycles. The standard InChI is InChI=1S/C18H20O2S/c19-16-6-7-17(15-5-2-1-4-14(15)16)21-13-8-11-20-18(12-13)9-3-10-18/h1-2,4-7,13,19H,3,8-12H2. The molecule has 21 heavy (non-hydrogen) atoms. The largest absolute Gasteiger partial charge is 0.507 e. The lowest BCUT2D eigenvalue weighted by Gasteiger charge is -2.47. The highest BCUT2D eigenvalue weighted by Gasteiger charge is 2.42. The summed E-state index contributed by atoms with van der Waals surface area (Å²) in [4.78, 5) is 1.28. The van der Waals surface area contributed by atoms with Crippen LogP contribution in [0.2, 0.25) is 0 Å². The molecule has 0 aromatic heterocycles. The van der Waals surface area contributed by atoms with E-state index in [1.807, 2.05) is 36.0 Å². The van der Waals surface area contributed by atoms with E-state index in [2.05, 4.69) is 12.1 Å². The monoisotopic (exact) mass is 300 g/mol. The average Bonchev–Trinajstić information content (AvgIpc) is 2.49. The summed E-state index contributed by atoms with van der Waals surface area (Å²) < 4.78 is 6.02. The third-order valence-corrected chi connectivity index (χ3v) is 6.21. The molecule has 1 atom stereocenters. The van der Waals surface area contributed by atoms with Crippen molar-refractivity contribution in [2.45, 2.75) is 47.9 Å². The maximum Gasteiger partial charge on any atom is 0.123 e. The van der Waals surface area contributed by atoms with Gasteiger partial charge in [0.15, 0.2) is 0 Å². The van der Waals surface area contributed by atoms with Gasteiger partial charge in [-0.2, -0.15) is 0 Å². The lowest BCUT2D eigenvalue weighted by molar-refractivity contribution is -0.125. The first-order valence-corrected chi connectivity index (χ1v) is 8.65. The molecule has 0 bridgehead atoms. The molecule has 2 aromatic carbocycles. The molecule has 1 heterocycles. The van der Waals surface area contributed by atoms with E-state index in [9.17, 15) is 5.11 Å². The van der Waals surface area contributed by atoms with Crippen LogP contribution in [0.5, 0.6) is 5.75 Å². The first-order valence-electron chi connectivity index (χ1n) is 7.77. The summed E-state index contributed by atoms with van der Waals surface area (Å²) in [5, 5.41) is 12.7. The average molecular weight is 300 g/mol. The van der Waals surface area contributed by atoms with Gasteiger partial charge >= 0.3 is 0 Å². The SMILES string of the molecule is Oc1ccc(SC2CCOC3(CCC3)C2)c2ccccc12. The van der Waals surface area contributed by atoms with Crippen molar-refractivity contribution in [2.24, 2.45) is 0 Å². The van der Waals surface area contributed by atoms with Gasteiger partial charge in [0.25, 0.3) is 0 Å². The van der Waals surface area contributed by atoms with Gasteiger partial charge in [0.2, 0.25) is 0 Å². The molecule has 1 spiro atoms. The Hall–Kier alpha value is -1.19. The summed E-state index contributed by atoms with van der Waals surface area (Å²) in [6.45, 7) is 0.897. The van der Waals surface area contributed by atoms with E-state index in [0.29, 0.717) is 11.0 Å². The summed E-state index contributed by atoms with van der Waals surface area (Å²) in [5.41, 5.74) is 0.197. The highest BCUT2D eigenvalue weighted by Crippen LogP contribution is 2.47. The molecule has 1 N–H and O–H groups in total. The molecule has 2 fully saturated rings. The maximum absolute atomic E-state index is 10.0. The maximum atomic E-state index is 10.0. The lowest BCUT2D eigenvalue weighted by Crippen LogP contribution is -2.46. The zero-order valence-corrected chi connectivity index (χ0v) is 12.9. The summed E-state index contributed by atoms with van der Waals surface area (Å²) in [6, 6.07) is 12.0. The Bertz CT molecular complexity index is 663. The molecule has 0 amide bonds. The molecule has 1 unspecified atom stereocenters. The molecular formula is C18H20O2S. The van der Waals surface area contributed by atoms with Crippen LogP contribution < -0.4 is 0 Å². The Morgan fingerprint density at radius 2 is 1.90 bits per heavy atom. The number of aromatic hydroxyl groups is 1. The fourth-order valence-electron chi connectivity index (χ4n) is 3.54. The van der Waals surface area contributed by atoms with E-state index in [0.717, 1.165) is 23.8 Å². The highest BCUT2D eigenvalue weighted by atomic mass is 32.2. The Morgan fingerprint density at radius 1 is 1.10 bits per heavy atom. The minimum Gasteiger partial charge on any atom is -0.507 e. The first kappa shape index (κ1) is 13.5. The second kappa shape index (κ2) is 5.22. The molecule has 1 saturated heterocycles. The molecular weight excluding hydrogens is 280 g/mol. The molecule has 1 aliphatic carbocycles. The van der Waals surface area contributed by atoms with Crippen molar-refractivity contribution >= 4 is 22.5 Å². The Kier molecular flexibility index (Phi) is 3.35. The summed E-state index contributed by atoms with van der Waals surface area (Å²) >= 11 is 1.96. The van der Waals surface area contributed by atoms with Gasteiger partial charge in [-0.25, -0.2) is 0 Å². The van der Waals surface area contributed by atoms with Gasteiger partial charge in [-0.05, 0) is 49.6 Å². The predicted octanol–water partition coefficient (Wildman–Crippen LogP) is 4.74. The molecule has 110 valence electrons. The molecule has 2 aromatic rings. The number of rotatable bonds is 2. The minimum absolute atomic E-state index is 0.197. The molecule has 4 rings (SSSR count). The second-order valence-corrected chi connectivity index (χ2v) is 7.59. The van der Waals surface area contributed by atoms with Crippen molar-refractivity contribution in [3.8, 4) is 5.75 Å². The molecule has 2 nitrogen and oxygen atoms in total. The fourth-order valence-corrected chi connectivity index (χ4v) is 4.95.